The van der Waals surface area contributed by atoms with Crippen LogP contribution in [0.2, 0.25) is 5.02 Å². The number of hydrogen-bond donors (Lipinski definition) is 1. The van der Waals surface area contributed by atoms with Crippen molar-refractivity contribution in [1.82, 2.24) is 4.98 Å². The van der Waals surface area contributed by atoms with Crippen LogP contribution in [0.4, 0.5) is 5.82 Å². The van der Waals surface area contributed by atoms with Gasteiger partial charge in [-0.1, -0.05) is 29.8 Å². The van der Waals surface area contributed by atoms with E-state index in [1.807, 2.05) is 17.8 Å². The average molecular weight is 277 g/mol. The fraction of sp³-hybridized carbons (Fsp3) is 0.214. The van der Waals surface area contributed by atoms with E-state index in [0.717, 1.165) is 17.7 Å². The van der Waals surface area contributed by atoms with Crippen LogP contribution in [0.1, 0.15) is 17.0 Å². The van der Waals surface area contributed by atoms with Gasteiger partial charge in [0.2, 0.25) is 0 Å². The summed E-state index contributed by atoms with van der Waals surface area (Å²) in [7, 11) is 0. The first-order valence-corrected chi connectivity index (χ1v) is 7.22. The first-order chi connectivity index (χ1) is 8.74. The molecule has 0 amide bonds. The minimum atomic E-state index is 0.508. The van der Waals surface area contributed by atoms with Crippen LogP contribution in [0.25, 0.3) is 0 Å². The molecule has 2 aromatic rings. The van der Waals surface area contributed by atoms with Gasteiger partial charge in [0.25, 0.3) is 0 Å². The standard InChI is InChI=1S/C14H13ClN2S/c15-11-6-9(14(16)17-7-11)5-10-8-18-13-4-2-1-3-12(10)13/h1-4,6-7,10H,5,8H2,(H2,16,17). The molecule has 2 heterocycles. The van der Waals surface area contributed by atoms with E-state index in [0.29, 0.717) is 16.8 Å². The Labute approximate surface area is 116 Å². The minimum Gasteiger partial charge on any atom is -0.383 e. The molecule has 2 nitrogen and oxygen atoms in total. The second kappa shape index (κ2) is 4.82. The van der Waals surface area contributed by atoms with E-state index in [-0.39, 0.29) is 0 Å². The molecule has 1 aliphatic heterocycles. The molecule has 0 radical (unpaired) electrons. The van der Waals surface area contributed by atoms with Gasteiger partial charge in [0.05, 0.1) is 5.02 Å². The summed E-state index contributed by atoms with van der Waals surface area (Å²) < 4.78 is 0. The number of nitrogens with two attached hydrogens (primary N) is 1. The Morgan fingerprint density at radius 3 is 3.11 bits per heavy atom. The van der Waals surface area contributed by atoms with Crippen molar-refractivity contribution in [3.63, 3.8) is 0 Å². The van der Waals surface area contributed by atoms with Crippen LogP contribution in [0, 0.1) is 0 Å². The first-order valence-electron chi connectivity index (χ1n) is 5.85. The van der Waals surface area contributed by atoms with Gasteiger partial charge in [-0.2, -0.15) is 0 Å². The number of benzene rings is 1. The molecule has 1 aromatic carbocycles. The molecular formula is C14H13ClN2S. The Morgan fingerprint density at radius 1 is 1.39 bits per heavy atom. The Balaban J connectivity index is 1.88. The Hall–Kier alpha value is -1.19. The maximum absolute atomic E-state index is 5.98. The second-order valence-corrected chi connectivity index (χ2v) is 5.95. The zero-order chi connectivity index (χ0) is 12.5. The Kier molecular flexibility index (Phi) is 3.18. The molecule has 1 aromatic heterocycles. The molecular weight excluding hydrogens is 264 g/mol. The zero-order valence-corrected chi connectivity index (χ0v) is 11.3. The lowest BCUT2D eigenvalue weighted by molar-refractivity contribution is 0.772. The van der Waals surface area contributed by atoms with E-state index in [9.17, 15) is 0 Å². The number of nitrogens with zero attached hydrogens (tertiary/aromatic N) is 1. The number of anilines is 1. The van der Waals surface area contributed by atoms with Crippen molar-refractivity contribution in [2.24, 2.45) is 0 Å². The third-order valence-corrected chi connectivity index (χ3v) is 4.69. The SMILES string of the molecule is Nc1ncc(Cl)cc1CC1CSc2ccccc21. The van der Waals surface area contributed by atoms with Gasteiger partial charge in [0.1, 0.15) is 5.82 Å². The van der Waals surface area contributed by atoms with Crippen molar-refractivity contribution in [2.75, 3.05) is 11.5 Å². The number of fused-ring (bicyclic) bond motifs is 1. The highest BCUT2D eigenvalue weighted by atomic mass is 35.5. The highest BCUT2D eigenvalue weighted by Gasteiger charge is 2.23. The van der Waals surface area contributed by atoms with Crippen molar-refractivity contribution < 1.29 is 0 Å². The third kappa shape index (κ3) is 2.20. The number of rotatable bonds is 2. The van der Waals surface area contributed by atoms with Crippen LogP contribution in [0.15, 0.2) is 41.4 Å². The average Bonchev–Trinajstić information content (AvgIpc) is 2.78. The third-order valence-electron chi connectivity index (χ3n) is 3.23. The highest BCUT2D eigenvalue weighted by Crippen LogP contribution is 2.41. The van der Waals surface area contributed by atoms with Gasteiger partial charge in [-0.15, -0.1) is 11.8 Å². The van der Waals surface area contributed by atoms with Crippen molar-refractivity contribution in [3.8, 4) is 0 Å². The normalized spacial score (nSPS) is 17.7. The number of aromatic nitrogens is 1. The molecule has 0 bridgehead atoms. The lowest BCUT2D eigenvalue weighted by Gasteiger charge is -2.12. The minimum absolute atomic E-state index is 0.508. The quantitative estimate of drug-likeness (QED) is 0.908. The lowest BCUT2D eigenvalue weighted by Crippen LogP contribution is -2.05. The molecule has 92 valence electrons. The van der Waals surface area contributed by atoms with Gasteiger partial charge in [-0.25, -0.2) is 4.98 Å². The molecule has 0 aliphatic carbocycles. The van der Waals surface area contributed by atoms with E-state index < -0.39 is 0 Å². The number of nitrogen functional groups attached to an aromatic ring is 1. The van der Waals surface area contributed by atoms with Gasteiger partial charge < -0.3 is 5.73 Å². The summed E-state index contributed by atoms with van der Waals surface area (Å²) >= 11 is 7.89. The summed E-state index contributed by atoms with van der Waals surface area (Å²) in [5.74, 6) is 2.20. The van der Waals surface area contributed by atoms with Crippen molar-refractivity contribution in [2.45, 2.75) is 17.2 Å². The fourth-order valence-electron chi connectivity index (χ4n) is 2.32. The van der Waals surface area contributed by atoms with Crippen LogP contribution in [-0.4, -0.2) is 10.7 Å². The molecule has 18 heavy (non-hydrogen) atoms. The first kappa shape index (κ1) is 11.9. The summed E-state index contributed by atoms with van der Waals surface area (Å²) in [5.41, 5.74) is 8.38. The van der Waals surface area contributed by atoms with Crippen molar-refractivity contribution in [3.05, 3.63) is 52.7 Å². The molecule has 1 unspecified atom stereocenters. The van der Waals surface area contributed by atoms with Crippen LogP contribution in [-0.2, 0) is 6.42 Å². The summed E-state index contributed by atoms with van der Waals surface area (Å²) in [5, 5.41) is 0.651. The number of halogens is 1. The molecule has 2 N–H and O–H groups in total. The maximum atomic E-state index is 5.98. The molecule has 0 saturated heterocycles. The summed E-state index contributed by atoms with van der Waals surface area (Å²) in [6.45, 7) is 0. The fourth-order valence-corrected chi connectivity index (χ4v) is 3.75. The van der Waals surface area contributed by atoms with E-state index in [1.54, 1.807) is 6.20 Å². The lowest BCUT2D eigenvalue weighted by atomic mass is 9.94. The summed E-state index contributed by atoms with van der Waals surface area (Å²) in [4.78, 5) is 5.50. The van der Waals surface area contributed by atoms with E-state index in [2.05, 4.69) is 29.2 Å². The predicted octanol–water partition coefficient (Wildman–Crippen LogP) is 3.75. The number of hydrogen-bond acceptors (Lipinski definition) is 3. The molecule has 3 rings (SSSR count). The molecule has 1 aliphatic rings. The molecule has 4 heteroatoms. The number of thioether (sulfide) groups is 1. The largest absolute Gasteiger partial charge is 0.383 e. The van der Waals surface area contributed by atoms with Crippen molar-refractivity contribution >= 4 is 29.2 Å². The molecule has 0 saturated carbocycles. The molecule has 1 atom stereocenters. The van der Waals surface area contributed by atoms with Gasteiger partial charge in [0.15, 0.2) is 0 Å². The van der Waals surface area contributed by atoms with Crippen molar-refractivity contribution in [1.29, 1.82) is 0 Å². The van der Waals surface area contributed by atoms with Gasteiger partial charge in [-0.05, 0) is 35.6 Å². The van der Waals surface area contributed by atoms with Gasteiger partial charge >= 0.3 is 0 Å². The molecule has 0 spiro atoms. The van der Waals surface area contributed by atoms with Crippen LogP contribution >= 0.6 is 23.4 Å². The van der Waals surface area contributed by atoms with Gasteiger partial charge in [-0.3, -0.25) is 0 Å². The van der Waals surface area contributed by atoms with Gasteiger partial charge in [0, 0.05) is 16.8 Å². The smallest absolute Gasteiger partial charge is 0.126 e. The Bertz CT molecular complexity index is 586. The molecule has 0 fully saturated rings. The van der Waals surface area contributed by atoms with Crippen LogP contribution in [0.3, 0.4) is 0 Å². The highest BCUT2D eigenvalue weighted by molar-refractivity contribution is 7.99. The van der Waals surface area contributed by atoms with E-state index in [4.69, 9.17) is 17.3 Å². The number of pyridine rings is 1. The van der Waals surface area contributed by atoms with E-state index >= 15 is 0 Å². The second-order valence-electron chi connectivity index (χ2n) is 4.45. The summed E-state index contributed by atoms with van der Waals surface area (Å²) in [6, 6.07) is 10.5. The van der Waals surface area contributed by atoms with E-state index in [1.165, 1.54) is 10.5 Å². The maximum Gasteiger partial charge on any atom is 0.126 e. The monoisotopic (exact) mass is 276 g/mol. The van der Waals surface area contributed by atoms with Crippen LogP contribution in [0.5, 0.6) is 0 Å². The zero-order valence-electron chi connectivity index (χ0n) is 9.77. The van der Waals surface area contributed by atoms with Crippen LogP contribution < -0.4 is 5.73 Å². The topological polar surface area (TPSA) is 38.9 Å². The predicted molar refractivity (Wildman–Crippen MR) is 77.3 cm³/mol. The Morgan fingerprint density at radius 2 is 2.22 bits per heavy atom. The summed E-state index contributed by atoms with van der Waals surface area (Å²) in [6.07, 6.45) is 2.50.